The van der Waals surface area contributed by atoms with Gasteiger partial charge >= 0.3 is 6.03 Å². The van der Waals surface area contributed by atoms with E-state index < -0.39 is 24.5 Å². The number of hydrogen-bond donors (Lipinski definition) is 4. The molecule has 9 nitrogen and oxygen atoms in total. The van der Waals surface area contributed by atoms with Crippen molar-refractivity contribution in [3.63, 3.8) is 0 Å². The lowest BCUT2D eigenvalue weighted by molar-refractivity contribution is -0.0720. The number of ether oxygens (including phenoxy) is 1. The molecule has 0 saturated carbocycles. The van der Waals surface area contributed by atoms with E-state index in [9.17, 15) is 9.90 Å². The van der Waals surface area contributed by atoms with Crippen LogP contribution in [0.3, 0.4) is 0 Å². The van der Waals surface area contributed by atoms with Gasteiger partial charge in [-0.25, -0.2) is 9.79 Å². The highest BCUT2D eigenvalue weighted by Gasteiger charge is 2.42. The second-order valence-electron chi connectivity index (χ2n) is 4.48. The van der Waals surface area contributed by atoms with Gasteiger partial charge in [0.05, 0.1) is 25.0 Å². The molecular weight excluding hydrogens is 266 g/mol. The molecule has 2 heterocycles. The lowest BCUT2D eigenvalue weighted by Crippen LogP contribution is -2.43. The van der Waals surface area contributed by atoms with Gasteiger partial charge in [0.2, 0.25) is 0 Å². The summed E-state index contributed by atoms with van der Waals surface area (Å²) in [7, 11) is 0. The third-order valence-electron chi connectivity index (χ3n) is 3.11. The highest BCUT2D eigenvalue weighted by atomic mass is 16.5. The summed E-state index contributed by atoms with van der Waals surface area (Å²) < 4.78 is 5.42. The molecule has 2 amide bonds. The summed E-state index contributed by atoms with van der Waals surface area (Å²) in [6, 6.07) is -0.438. The molecule has 0 aromatic carbocycles. The smallest absolute Gasteiger partial charge is 0.324 e. The number of aliphatic imine (C=N–C) groups is 2. The van der Waals surface area contributed by atoms with Crippen LogP contribution in [0.1, 0.15) is 6.42 Å². The van der Waals surface area contributed by atoms with Crippen molar-refractivity contribution < 1.29 is 19.7 Å². The summed E-state index contributed by atoms with van der Waals surface area (Å²) in [5, 5.41) is 21.5. The van der Waals surface area contributed by atoms with Gasteiger partial charge in [-0.1, -0.05) is 0 Å². The predicted molar refractivity (Wildman–Crippen MR) is 70.9 cm³/mol. The van der Waals surface area contributed by atoms with E-state index in [1.165, 1.54) is 11.2 Å². The fourth-order valence-electron chi connectivity index (χ4n) is 2.14. The van der Waals surface area contributed by atoms with E-state index in [0.717, 1.165) is 0 Å². The normalized spacial score (nSPS) is 32.8. The summed E-state index contributed by atoms with van der Waals surface area (Å²) in [5.41, 5.74) is 6.09. The zero-order valence-corrected chi connectivity index (χ0v) is 10.8. The van der Waals surface area contributed by atoms with Crippen LogP contribution in [0.4, 0.5) is 4.79 Å². The Morgan fingerprint density at radius 1 is 1.70 bits per heavy atom. The molecule has 9 heteroatoms. The van der Waals surface area contributed by atoms with Gasteiger partial charge in [0.1, 0.15) is 18.3 Å². The Labute approximate surface area is 115 Å². The van der Waals surface area contributed by atoms with Gasteiger partial charge in [-0.05, 0) is 6.72 Å². The van der Waals surface area contributed by atoms with Crippen LogP contribution in [0.5, 0.6) is 0 Å². The maximum Gasteiger partial charge on any atom is 0.324 e. The fourth-order valence-corrected chi connectivity index (χ4v) is 2.14. The number of aliphatic hydroxyl groups excluding tert-OH is 2. The van der Waals surface area contributed by atoms with E-state index in [0.29, 0.717) is 5.70 Å². The molecule has 20 heavy (non-hydrogen) atoms. The summed E-state index contributed by atoms with van der Waals surface area (Å²) in [5.74, 6) is 0.111. The van der Waals surface area contributed by atoms with E-state index in [2.05, 4.69) is 22.0 Å². The molecule has 0 bridgehead atoms. The number of urea groups is 1. The molecule has 110 valence electrons. The van der Waals surface area contributed by atoms with Crippen molar-refractivity contribution in [2.45, 2.75) is 24.9 Å². The van der Waals surface area contributed by atoms with Crippen LogP contribution in [-0.4, -0.2) is 65.8 Å². The van der Waals surface area contributed by atoms with Crippen LogP contribution < -0.4 is 11.1 Å². The maximum atomic E-state index is 11.9. The van der Waals surface area contributed by atoms with Crippen LogP contribution >= 0.6 is 0 Å². The zero-order valence-electron chi connectivity index (χ0n) is 10.8. The first-order valence-corrected chi connectivity index (χ1v) is 6.05. The summed E-state index contributed by atoms with van der Waals surface area (Å²) >= 11 is 0. The molecule has 0 aromatic rings. The van der Waals surface area contributed by atoms with Gasteiger partial charge in [-0.15, -0.1) is 0 Å². The lowest BCUT2D eigenvalue weighted by atomic mass is 10.2. The van der Waals surface area contributed by atoms with Crippen molar-refractivity contribution in [3.05, 3.63) is 11.5 Å². The summed E-state index contributed by atoms with van der Waals surface area (Å²) in [6.45, 7) is 3.16. The van der Waals surface area contributed by atoms with Gasteiger partial charge < -0.3 is 26.0 Å². The molecule has 0 aromatic heterocycles. The van der Waals surface area contributed by atoms with Crippen molar-refractivity contribution >= 4 is 19.1 Å². The number of nitrogens with two attached hydrogens (primary N) is 1. The Balaban J connectivity index is 2.10. The van der Waals surface area contributed by atoms with Crippen molar-refractivity contribution in [2.24, 2.45) is 15.7 Å². The van der Waals surface area contributed by atoms with E-state index in [4.69, 9.17) is 15.6 Å². The number of amides is 2. The number of rotatable bonds is 4. The van der Waals surface area contributed by atoms with Crippen molar-refractivity contribution in [1.82, 2.24) is 10.2 Å². The van der Waals surface area contributed by atoms with Crippen LogP contribution in [0.2, 0.25) is 0 Å². The summed E-state index contributed by atoms with van der Waals surface area (Å²) in [6.07, 6.45) is -0.690. The fraction of sp³-hybridized carbons (Fsp3) is 0.545. The average molecular weight is 283 g/mol. The first-order chi connectivity index (χ1) is 9.56. The van der Waals surface area contributed by atoms with Crippen molar-refractivity contribution in [3.8, 4) is 0 Å². The van der Waals surface area contributed by atoms with Crippen LogP contribution in [0.25, 0.3) is 0 Å². The average Bonchev–Trinajstić information content (AvgIpc) is 2.99. The molecule has 3 atom stereocenters. The van der Waals surface area contributed by atoms with Crippen LogP contribution in [0, 0.1) is 0 Å². The number of aliphatic hydroxyl groups is 2. The highest BCUT2D eigenvalue weighted by Crippen LogP contribution is 2.26. The summed E-state index contributed by atoms with van der Waals surface area (Å²) in [4.78, 5) is 20.4. The third-order valence-corrected chi connectivity index (χ3v) is 3.11. The molecule has 2 fully saturated rings. The molecule has 2 saturated heterocycles. The molecule has 2 aliphatic heterocycles. The molecule has 0 aliphatic carbocycles. The van der Waals surface area contributed by atoms with Crippen LogP contribution in [0.15, 0.2) is 21.5 Å². The molecule has 0 spiro atoms. The van der Waals surface area contributed by atoms with Gasteiger partial charge in [0.15, 0.2) is 6.23 Å². The monoisotopic (exact) mass is 283 g/mol. The van der Waals surface area contributed by atoms with Gasteiger partial charge in [0, 0.05) is 6.42 Å². The SMILES string of the molecule is C=N/C=N\C(N)=C1/CN(C2OC(CO)C[C@H]2O)C(=O)N1. The minimum Gasteiger partial charge on any atom is -0.394 e. The first kappa shape index (κ1) is 14.4. The van der Waals surface area contributed by atoms with E-state index in [1.807, 2.05) is 0 Å². The minimum absolute atomic E-state index is 0.111. The predicted octanol–water partition coefficient (Wildman–Crippen LogP) is -1.66. The zero-order chi connectivity index (χ0) is 14.7. The molecule has 2 unspecified atom stereocenters. The first-order valence-electron chi connectivity index (χ1n) is 6.05. The molecule has 0 radical (unpaired) electrons. The second-order valence-corrected chi connectivity index (χ2v) is 4.48. The lowest BCUT2D eigenvalue weighted by Gasteiger charge is -2.24. The largest absolute Gasteiger partial charge is 0.394 e. The van der Waals surface area contributed by atoms with Crippen LogP contribution in [-0.2, 0) is 4.74 Å². The maximum absolute atomic E-state index is 11.9. The number of carbonyl (C=O) groups excluding carboxylic acids is 1. The molecule has 2 rings (SSSR count). The Hall–Kier alpha value is -1.97. The van der Waals surface area contributed by atoms with Crippen molar-refractivity contribution in [1.29, 1.82) is 0 Å². The van der Waals surface area contributed by atoms with E-state index in [-0.39, 0.29) is 25.4 Å². The Morgan fingerprint density at radius 2 is 2.45 bits per heavy atom. The molecular formula is C11H17N5O4. The Kier molecular flexibility index (Phi) is 4.32. The number of nitrogens with zero attached hydrogens (tertiary/aromatic N) is 3. The quantitative estimate of drug-likeness (QED) is 0.362. The van der Waals surface area contributed by atoms with Gasteiger partial charge in [-0.2, -0.15) is 0 Å². The molecule has 2 aliphatic rings. The number of hydrogen-bond acceptors (Lipinski definition) is 6. The Morgan fingerprint density at radius 3 is 3.05 bits per heavy atom. The second kappa shape index (κ2) is 5.99. The standard InChI is InChI=1S/C11H17N5O4/c1-13-5-14-9(12)7-3-16(11(19)15-7)10-8(18)2-6(4-17)20-10/h5-6,8,10,17-18H,1-4,12H2,(H,15,19)/b9-7+,14-5-/t6?,8-,10?/m1/s1. The van der Waals surface area contributed by atoms with Gasteiger partial charge in [-0.3, -0.25) is 9.89 Å². The Bertz CT molecular complexity index is 464. The van der Waals surface area contributed by atoms with E-state index >= 15 is 0 Å². The van der Waals surface area contributed by atoms with E-state index in [1.54, 1.807) is 0 Å². The number of carbonyl (C=O) groups is 1. The minimum atomic E-state index is -0.850. The van der Waals surface area contributed by atoms with Gasteiger partial charge in [0.25, 0.3) is 0 Å². The number of nitrogens with one attached hydrogen (secondary N) is 1. The molecule has 5 N–H and O–H groups in total. The highest BCUT2D eigenvalue weighted by molar-refractivity contribution is 5.80. The third kappa shape index (κ3) is 2.79. The topological polar surface area (TPSA) is 133 Å². The van der Waals surface area contributed by atoms with Crippen molar-refractivity contribution in [2.75, 3.05) is 13.2 Å².